The van der Waals surface area contributed by atoms with Gasteiger partial charge in [-0.25, -0.2) is 23.9 Å². The highest BCUT2D eigenvalue weighted by Gasteiger charge is 2.20. The molecule has 1 amide bonds. The van der Waals surface area contributed by atoms with Crippen LogP contribution in [-0.4, -0.2) is 41.7 Å². The van der Waals surface area contributed by atoms with Gasteiger partial charge in [0, 0.05) is 28.4 Å². The molecule has 35 heavy (non-hydrogen) atoms. The topological polar surface area (TPSA) is 90.0 Å². The van der Waals surface area contributed by atoms with E-state index < -0.39 is 18.5 Å². The van der Waals surface area contributed by atoms with Crippen molar-refractivity contribution in [2.75, 3.05) is 12.0 Å². The molecule has 0 atom stereocenters. The van der Waals surface area contributed by atoms with Crippen LogP contribution in [0.1, 0.15) is 16.2 Å². The summed E-state index contributed by atoms with van der Waals surface area (Å²) in [6.45, 7) is 1.36. The molecule has 0 radical (unpaired) electrons. The summed E-state index contributed by atoms with van der Waals surface area (Å²) in [6.07, 6.45) is 2.75. The minimum absolute atomic E-state index is 0.112. The molecule has 1 aromatic carbocycles. The van der Waals surface area contributed by atoms with Gasteiger partial charge in [0.2, 0.25) is 5.95 Å². The molecule has 4 aromatic heterocycles. The van der Waals surface area contributed by atoms with E-state index in [1.807, 2.05) is 19.1 Å². The fourth-order valence-electron chi connectivity index (χ4n) is 3.79. The lowest BCUT2D eigenvalue weighted by Crippen LogP contribution is -2.12. The molecule has 0 spiro atoms. The van der Waals surface area contributed by atoms with E-state index in [1.165, 1.54) is 16.8 Å². The molecule has 1 N–H and O–H groups in total. The maximum Gasteiger partial charge on any atom is 0.257 e. The summed E-state index contributed by atoms with van der Waals surface area (Å²) in [5.74, 6) is -0.400. The number of alkyl halides is 1. The number of carbonyl (C=O) groups excluding carboxylic acids is 1. The first-order chi connectivity index (χ1) is 16.9. The van der Waals surface area contributed by atoms with Crippen LogP contribution >= 0.6 is 11.6 Å². The number of carbonyl (C=O) groups is 1. The fraction of sp³-hybridized carbons (Fsp3) is 0.125. The van der Waals surface area contributed by atoms with Crippen LogP contribution in [0.15, 0.2) is 60.9 Å². The van der Waals surface area contributed by atoms with Gasteiger partial charge in [0.05, 0.1) is 24.1 Å². The Morgan fingerprint density at radius 2 is 1.91 bits per heavy atom. The van der Waals surface area contributed by atoms with E-state index in [2.05, 4.69) is 25.4 Å². The maximum absolute atomic E-state index is 13.4. The van der Waals surface area contributed by atoms with E-state index in [0.29, 0.717) is 33.6 Å². The average Bonchev–Trinajstić information content (AvgIpc) is 3.39. The summed E-state index contributed by atoms with van der Waals surface area (Å²) in [7, 11) is 0. The number of aryl methyl sites for hydroxylation is 1. The van der Waals surface area contributed by atoms with Gasteiger partial charge in [-0.15, -0.1) is 0 Å². The lowest BCUT2D eigenvalue weighted by Gasteiger charge is -2.10. The summed E-state index contributed by atoms with van der Waals surface area (Å²) in [6, 6.07) is 13.2. The number of amides is 1. The first-order valence-electron chi connectivity index (χ1n) is 10.6. The molecule has 0 aliphatic carbocycles. The lowest BCUT2D eigenvalue weighted by atomic mass is 10.1. The molecule has 0 aliphatic rings. The molecular weight excluding hydrogens is 476 g/mol. The molecule has 0 fully saturated rings. The van der Waals surface area contributed by atoms with Gasteiger partial charge in [-0.2, -0.15) is 9.49 Å². The third-order valence-electron chi connectivity index (χ3n) is 5.38. The number of benzene rings is 1. The zero-order valence-electron chi connectivity index (χ0n) is 18.4. The van der Waals surface area contributed by atoms with Crippen LogP contribution in [0.25, 0.3) is 28.3 Å². The number of fused-ring (bicyclic) bond motifs is 1. The number of imidazole rings is 2. The van der Waals surface area contributed by atoms with Crippen molar-refractivity contribution >= 4 is 29.0 Å². The van der Waals surface area contributed by atoms with Crippen LogP contribution in [0.3, 0.4) is 0 Å². The highest BCUT2D eigenvalue weighted by molar-refractivity contribution is 6.30. The second-order valence-corrected chi connectivity index (χ2v) is 8.11. The number of pyridine rings is 1. The molecule has 0 aliphatic heterocycles. The zero-order chi connectivity index (χ0) is 24.5. The Kier molecular flexibility index (Phi) is 5.96. The second kappa shape index (κ2) is 9.22. The lowest BCUT2D eigenvalue weighted by molar-refractivity contribution is 0.102. The third-order valence-corrected chi connectivity index (χ3v) is 5.63. The number of rotatable bonds is 6. The van der Waals surface area contributed by atoms with Gasteiger partial charge in [-0.3, -0.25) is 4.79 Å². The number of halogens is 3. The van der Waals surface area contributed by atoms with Crippen molar-refractivity contribution in [3.05, 3.63) is 83.3 Å². The number of anilines is 1. The van der Waals surface area contributed by atoms with Crippen molar-refractivity contribution < 1.29 is 13.6 Å². The number of hydrogen-bond acceptors (Lipinski definition) is 5. The molecule has 0 bridgehead atoms. The first-order valence-corrected chi connectivity index (χ1v) is 11.0. The normalized spacial score (nSPS) is 11.2. The van der Waals surface area contributed by atoms with E-state index in [1.54, 1.807) is 35.0 Å². The summed E-state index contributed by atoms with van der Waals surface area (Å²) < 4.78 is 30.0. The Balaban J connectivity index is 1.54. The Morgan fingerprint density at radius 1 is 1.11 bits per heavy atom. The predicted octanol–water partition coefficient (Wildman–Crippen LogP) is 4.98. The molecule has 11 heteroatoms. The van der Waals surface area contributed by atoms with Crippen LogP contribution in [-0.2, 0) is 6.54 Å². The highest BCUT2D eigenvalue weighted by Crippen LogP contribution is 2.32. The molecule has 5 aromatic rings. The van der Waals surface area contributed by atoms with Crippen molar-refractivity contribution in [3.63, 3.8) is 0 Å². The van der Waals surface area contributed by atoms with E-state index >= 15 is 0 Å². The quantitative estimate of drug-likeness (QED) is 0.337. The summed E-state index contributed by atoms with van der Waals surface area (Å²) in [4.78, 5) is 24.9. The number of nitrogens with zero attached hydrogens (tertiary/aromatic N) is 6. The fourth-order valence-corrected chi connectivity index (χ4v) is 3.92. The van der Waals surface area contributed by atoms with E-state index in [0.717, 1.165) is 11.6 Å². The van der Waals surface area contributed by atoms with Crippen molar-refractivity contribution in [2.45, 2.75) is 13.5 Å². The van der Waals surface area contributed by atoms with E-state index in [9.17, 15) is 13.6 Å². The second-order valence-electron chi connectivity index (χ2n) is 7.67. The highest BCUT2D eigenvalue weighted by atomic mass is 35.5. The minimum atomic E-state index is -0.754. The Bertz CT molecular complexity index is 1550. The van der Waals surface area contributed by atoms with E-state index in [4.69, 9.17) is 11.6 Å². The van der Waals surface area contributed by atoms with Gasteiger partial charge in [-0.1, -0.05) is 23.7 Å². The van der Waals surface area contributed by atoms with Crippen LogP contribution in [0, 0.1) is 12.9 Å². The summed E-state index contributed by atoms with van der Waals surface area (Å²) in [5.41, 5.74) is 3.24. The van der Waals surface area contributed by atoms with Gasteiger partial charge in [0.25, 0.3) is 5.91 Å². The predicted molar refractivity (Wildman–Crippen MR) is 128 cm³/mol. The third kappa shape index (κ3) is 4.47. The van der Waals surface area contributed by atoms with Crippen LogP contribution in [0.4, 0.5) is 14.6 Å². The van der Waals surface area contributed by atoms with Crippen molar-refractivity contribution in [3.8, 4) is 22.6 Å². The monoisotopic (exact) mass is 493 g/mol. The van der Waals surface area contributed by atoms with E-state index in [-0.39, 0.29) is 17.9 Å². The van der Waals surface area contributed by atoms with Crippen molar-refractivity contribution in [1.29, 1.82) is 0 Å². The average molecular weight is 494 g/mol. The molecule has 0 unspecified atom stereocenters. The van der Waals surface area contributed by atoms with Gasteiger partial charge in [0.1, 0.15) is 18.2 Å². The maximum atomic E-state index is 13.4. The molecular formula is C24H18ClF2N7O. The van der Waals surface area contributed by atoms with Gasteiger partial charge in [-0.05, 0) is 37.3 Å². The standard InChI is InChI=1S/C24H18ClF2N7O/c1-14-29-22(15-2-4-17(25)5-3-15)23(33(14)11-9-26)18-6-7-21-30-20(13-34(21)32-18)31-24(35)16-8-10-28-19(27)12-16/h2-8,10,12-13H,9,11H2,1H3,(H,31,35). The Hall–Kier alpha value is -4.18. The molecule has 0 saturated heterocycles. The smallest absolute Gasteiger partial charge is 0.257 e. The Morgan fingerprint density at radius 3 is 2.66 bits per heavy atom. The zero-order valence-corrected chi connectivity index (χ0v) is 19.2. The van der Waals surface area contributed by atoms with Crippen LogP contribution in [0.5, 0.6) is 0 Å². The number of nitrogens with one attached hydrogen (secondary N) is 1. The van der Waals surface area contributed by atoms with Crippen LogP contribution < -0.4 is 5.32 Å². The molecule has 5 rings (SSSR count). The van der Waals surface area contributed by atoms with Crippen molar-refractivity contribution in [2.24, 2.45) is 0 Å². The SMILES string of the molecule is Cc1nc(-c2ccc(Cl)cc2)c(-c2ccc3nc(NC(=O)c4ccnc(F)c4)cn3n2)n1CCF. The summed E-state index contributed by atoms with van der Waals surface area (Å²) in [5, 5.41) is 7.87. The van der Waals surface area contributed by atoms with Gasteiger partial charge >= 0.3 is 0 Å². The number of aromatic nitrogens is 6. The molecule has 0 saturated carbocycles. The number of hydrogen-bond donors (Lipinski definition) is 1. The largest absolute Gasteiger partial charge is 0.324 e. The minimum Gasteiger partial charge on any atom is -0.324 e. The van der Waals surface area contributed by atoms with Crippen molar-refractivity contribution in [1.82, 2.24) is 29.1 Å². The van der Waals surface area contributed by atoms with Gasteiger partial charge in [0.15, 0.2) is 11.5 Å². The molecule has 4 heterocycles. The molecule has 176 valence electrons. The molecule has 8 nitrogen and oxygen atoms in total. The van der Waals surface area contributed by atoms with Crippen LogP contribution in [0.2, 0.25) is 5.02 Å². The first kappa shape index (κ1) is 22.6. The van der Waals surface area contributed by atoms with Gasteiger partial charge < -0.3 is 9.88 Å². The summed E-state index contributed by atoms with van der Waals surface area (Å²) >= 11 is 6.04. The Labute approximate surface area is 203 Å².